The average molecular weight is 464 g/mol. The Bertz CT molecular complexity index is 1210. The lowest BCUT2D eigenvalue weighted by Gasteiger charge is -2.15. The van der Waals surface area contributed by atoms with Gasteiger partial charge in [0.2, 0.25) is 5.91 Å². The van der Waals surface area contributed by atoms with E-state index in [1.807, 2.05) is 0 Å². The molecule has 166 valence electrons. The Morgan fingerprint density at radius 2 is 1.48 bits per heavy atom. The summed E-state index contributed by atoms with van der Waals surface area (Å²) in [6.45, 7) is -0.519. The number of rotatable bonds is 7. The molecule has 0 radical (unpaired) electrons. The number of fused-ring (bicyclic) bond motifs is 1. The number of anilines is 1. The van der Waals surface area contributed by atoms with E-state index in [9.17, 15) is 23.6 Å². The molecule has 1 N–H and O–H groups in total. The van der Waals surface area contributed by atoms with Gasteiger partial charge in [-0.25, -0.2) is 14.1 Å². The van der Waals surface area contributed by atoms with Crippen molar-refractivity contribution in [3.05, 3.63) is 95.3 Å². The molecular weight excluding hydrogens is 447 g/mol. The van der Waals surface area contributed by atoms with E-state index in [0.29, 0.717) is 10.6 Å². The van der Waals surface area contributed by atoms with Gasteiger partial charge in [0.1, 0.15) is 5.82 Å². The second kappa shape index (κ2) is 9.66. The lowest BCUT2D eigenvalue weighted by Crippen LogP contribution is -2.33. The molecule has 9 heteroatoms. The topological polar surface area (TPSA) is 92.8 Å². The first-order valence-corrected chi connectivity index (χ1v) is 10.8. The van der Waals surface area contributed by atoms with E-state index in [0.717, 1.165) is 16.7 Å². The molecule has 0 fully saturated rings. The van der Waals surface area contributed by atoms with Crippen LogP contribution >= 0.6 is 11.8 Å². The van der Waals surface area contributed by atoms with Crippen LogP contribution in [0.4, 0.5) is 10.1 Å². The zero-order valence-electron chi connectivity index (χ0n) is 17.1. The summed E-state index contributed by atoms with van der Waals surface area (Å²) < 4.78 is 18.2. The quantitative estimate of drug-likeness (QED) is 0.323. The number of carbonyl (C=O) groups is 4. The summed E-state index contributed by atoms with van der Waals surface area (Å²) in [7, 11) is 0. The van der Waals surface area contributed by atoms with Crippen LogP contribution in [0.1, 0.15) is 31.1 Å². The molecule has 0 atom stereocenters. The maximum Gasteiger partial charge on any atom is 0.341 e. The largest absolute Gasteiger partial charge is 0.440 e. The lowest BCUT2D eigenvalue weighted by molar-refractivity contribution is -0.113. The molecule has 0 unspecified atom stereocenters. The van der Waals surface area contributed by atoms with Crippen molar-refractivity contribution in [1.29, 1.82) is 0 Å². The first kappa shape index (κ1) is 22.2. The number of thioether (sulfide) groups is 1. The molecule has 0 saturated heterocycles. The van der Waals surface area contributed by atoms with E-state index >= 15 is 0 Å². The predicted octanol–water partition coefficient (Wildman–Crippen LogP) is 3.97. The van der Waals surface area contributed by atoms with Gasteiger partial charge in [0.15, 0.2) is 6.73 Å². The van der Waals surface area contributed by atoms with Gasteiger partial charge in [-0.15, -0.1) is 11.8 Å². The molecule has 1 aliphatic heterocycles. The monoisotopic (exact) mass is 464 g/mol. The zero-order valence-corrected chi connectivity index (χ0v) is 17.9. The number of hydrogen-bond donors (Lipinski definition) is 1. The number of nitrogens with zero attached hydrogens (tertiary/aromatic N) is 1. The van der Waals surface area contributed by atoms with E-state index in [2.05, 4.69) is 5.32 Å². The number of nitrogens with one attached hydrogen (secondary N) is 1. The van der Waals surface area contributed by atoms with Gasteiger partial charge in [0.05, 0.1) is 22.4 Å². The Balaban J connectivity index is 1.36. The third-order valence-corrected chi connectivity index (χ3v) is 5.87. The Morgan fingerprint density at radius 1 is 0.879 bits per heavy atom. The van der Waals surface area contributed by atoms with Crippen molar-refractivity contribution >= 4 is 41.1 Å². The molecule has 0 aliphatic carbocycles. The number of benzene rings is 3. The summed E-state index contributed by atoms with van der Waals surface area (Å²) in [5.41, 5.74) is 1.19. The van der Waals surface area contributed by atoms with Crippen molar-refractivity contribution in [2.24, 2.45) is 0 Å². The number of imide groups is 1. The number of carbonyl (C=O) groups excluding carboxylic acids is 4. The second-order valence-electron chi connectivity index (χ2n) is 6.98. The van der Waals surface area contributed by atoms with Crippen LogP contribution in [-0.4, -0.2) is 41.1 Å². The van der Waals surface area contributed by atoms with Crippen LogP contribution in [0.15, 0.2) is 77.7 Å². The highest BCUT2D eigenvalue weighted by atomic mass is 32.2. The molecule has 1 aliphatic rings. The lowest BCUT2D eigenvalue weighted by atomic mass is 10.1. The molecule has 33 heavy (non-hydrogen) atoms. The van der Waals surface area contributed by atoms with Gasteiger partial charge in [-0.05, 0) is 48.5 Å². The maximum atomic E-state index is 13.0. The normalized spacial score (nSPS) is 12.5. The highest BCUT2D eigenvalue weighted by Crippen LogP contribution is 2.25. The fourth-order valence-electron chi connectivity index (χ4n) is 3.19. The summed E-state index contributed by atoms with van der Waals surface area (Å²) in [5.74, 6) is -2.52. The van der Waals surface area contributed by atoms with Gasteiger partial charge in [-0.2, -0.15) is 0 Å². The number of esters is 1. The SMILES string of the molecule is O=C(CSc1ccccc1C(=O)OCN1C(=O)c2ccccc2C1=O)Nc1ccc(F)cc1. The summed E-state index contributed by atoms with van der Waals surface area (Å²) >= 11 is 1.12. The summed E-state index contributed by atoms with van der Waals surface area (Å²) in [5, 5.41) is 2.64. The predicted molar refractivity (Wildman–Crippen MR) is 119 cm³/mol. The highest BCUT2D eigenvalue weighted by Gasteiger charge is 2.35. The fourth-order valence-corrected chi connectivity index (χ4v) is 4.03. The minimum Gasteiger partial charge on any atom is -0.440 e. The van der Waals surface area contributed by atoms with Crippen molar-refractivity contribution in [3.8, 4) is 0 Å². The standard InChI is InChI=1S/C24H17FN2O5S/c25-15-9-11-16(12-10-15)26-21(28)13-33-20-8-4-3-7-19(20)24(31)32-14-27-22(29)17-5-1-2-6-18(17)23(27)30/h1-12H,13-14H2,(H,26,28). The second-order valence-corrected chi connectivity index (χ2v) is 8.00. The van der Waals surface area contributed by atoms with E-state index in [1.54, 1.807) is 42.5 Å². The smallest absolute Gasteiger partial charge is 0.341 e. The van der Waals surface area contributed by atoms with Crippen LogP contribution in [0.2, 0.25) is 0 Å². The van der Waals surface area contributed by atoms with Gasteiger partial charge in [-0.1, -0.05) is 24.3 Å². The summed E-state index contributed by atoms with van der Waals surface area (Å²) in [4.78, 5) is 51.1. The van der Waals surface area contributed by atoms with E-state index in [-0.39, 0.29) is 28.4 Å². The Labute approximate surface area is 192 Å². The van der Waals surface area contributed by atoms with E-state index in [1.165, 1.54) is 30.3 Å². The van der Waals surface area contributed by atoms with Crippen LogP contribution in [0.5, 0.6) is 0 Å². The molecule has 0 saturated carbocycles. The minimum absolute atomic E-state index is 0.0000754. The van der Waals surface area contributed by atoms with Crippen molar-refractivity contribution in [2.45, 2.75) is 4.90 Å². The van der Waals surface area contributed by atoms with Crippen LogP contribution in [-0.2, 0) is 9.53 Å². The average Bonchev–Trinajstić information content (AvgIpc) is 3.07. The van der Waals surface area contributed by atoms with Gasteiger partial charge < -0.3 is 10.1 Å². The third kappa shape index (κ3) is 4.93. The number of halogens is 1. The van der Waals surface area contributed by atoms with E-state index in [4.69, 9.17) is 4.74 Å². The van der Waals surface area contributed by atoms with Gasteiger partial charge >= 0.3 is 5.97 Å². The molecule has 0 aromatic heterocycles. The number of amides is 3. The maximum absolute atomic E-state index is 13.0. The first-order chi connectivity index (χ1) is 15.9. The highest BCUT2D eigenvalue weighted by molar-refractivity contribution is 8.00. The zero-order chi connectivity index (χ0) is 23.4. The first-order valence-electron chi connectivity index (χ1n) is 9.83. The van der Waals surface area contributed by atoms with Crippen LogP contribution < -0.4 is 5.32 Å². The molecule has 3 aromatic rings. The molecule has 7 nitrogen and oxygen atoms in total. The minimum atomic E-state index is -0.728. The van der Waals surface area contributed by atoms with Crippen molar-refractivity contribution in [1.82, 2.24) is 4.90 Å². The molecule has 0 bridgehead atoms. The van der Waals surface area contributed by atoms with Crippen molar-refractivity contribution in [3.63, 3.8) is 0 Å². The van der Waals surface area contributed by atoms with Crippen molar-refractivity contribution < 1.29 is 28.3 Å². The number of ether oxygens (including phenoxy) is 1. The molecule has 1 heterocycles. The Morgan fingerprint density at radius 3 is 2.15 bits per heavy atom. The van der Waals surface area contributed by atoms with Crippen LogP contribution in [0.25, 0.3) is 0 Å². The number of hydrogen-bond acceptors (Lipinski definition) is 6. The van der Waals surface area contributed by atoms with Crippen LogP contribution in [0.3, 0.4) is 0 Å². The fraction of sp³-hybridized carbons (Fsp3) is 0.0833. The van der Waals surface area contributed by atoms with Crippen molar-refractivity contribution in [2.75, 3.05) is 17.8 Å². The summed E-state index contributed by atoms with van der Waals surface area (Å²) in [6.07, 6.45) is 0. The Kier molecular flexibility index (Phi) is 6.50. The van der Waals surface area contributed by atoms with Gasteiger partial charge in [0, 0.05) is 10.6 Å². The molecule has 3 aromatic carbocycles. The third-order valence-electron chi connectivity index (χ3n) is 4.80. The van der Waals surface area contributed by atoms with E-state index < -0.39 is 30.3 Å². The van der Waals surface area contributed by atoms with Crippen LogP contribution in [0, 0.1) is 5.82 Å². The molecular formula is C24H17FN2O5S. The molecule has 3 amide bonds. The molecule has 0 spiro atoms. The Hall–Kier alpha value is -3.98. The van der Waals surface area contributed by atoms with Gasteiger partial charge in [-0.3, -0.25) is 14.4 Å². The summed E-state index contributed by atoms with van der Waals surface area (Å²) in [6, 6.07) is 18.3. The van der Waals surface area contributed by atoms with Gasteiger partial charge in [0.25, 0.3) is 11.8 Å². The molecule has 4 rings (SSSR count).